The first-order valence-electron chi connectivity index (χ1n) is 21.0. The van der Waals surface area contributed by atoms with Gasteiger partial charge in [0.15, 0.2) is 0 Å². The van der Waals surface area contributed by atoms with E-state index in [1.165, 1.54) is 76.7 Å². The number of nitrogens with two attached hydrogens (primary N) is 1. The number of halogens is 2. The van der Waals surface area contributed by atoms with Gasteiger partial charge >= 0.3 is 0 Å². The minimum atomic E-state index is -0.337. The van der Waals surface area contributed by atoms with Crippen LogP contribution in [0.2, 0.25) is 0 Å². The summed E-state index contributed by atoms with van der Waals surface area (Å²) in [5, 5.41) is 0. The number of allylic oxidation sites excluding steroid dienone is 5. The van der Waals surface area contributed by atoms with E-state index in [0.29, 0.717) is 22.7 Å². The van der Waals surface area contributed by atoms with E-state index in [1.807, 2.05) is 69.2 Å². The molecule has 0 heterocycles. The molecule has 0 radical (unpaired) electrons. The molecule has 0 saturated heterocycles. The largest absolute Gasteiger partial charge is 0.331 e. The molecule has 2 fully saturated rings. The van der Waals surface area contributed by atoms with Crippen molar-refractivity contribution in [2.75, 3.05) is 13.2 Å². The van der Waals surface area contributed by atoms with Crippen LogP contribution in [0, 0.1) is 28.1 Å². The van der Waals surface area contributed by atoms with Crippen LogP contribution in [0.3, 0.4) is 0 Å². The predicted octanol–water partition coefficient (Wildman–Crippen LogP) is 17.5. The van der Waals surface area contributed by atoms with E-state index >= 15 is 0 Å². The summed E-state index contributed by atoms with van der Waals surface area (Å²) in [6.07, 6.45) is 22.1. The van der Waals surface area contributed by atoms with Gasteiger partial charge in [-0.15, -0.1) is 0 Å². The fraction of sp³-hybridized carbons (Fsp3) is 0.870. The third-order valence-corrected chi connectivity index (χ3v) is 9.27. The lowest BCUT2D eigenvalue weighted by molar-refractivity contribution is 0.0998. The van der Waals surface area contributed by atoms with Crippen LogP contribution in [-0.4, -0.2) is 13.2 Å². The smallest absolute Gasteiger partial charge is 0.108 e. The van der Waals surface area contributed by atoms with E-state index in [1.54, 1.807) is 13.0 Å². The highest BCUT2D eigenvalue weighted by molar-refractivity contribution is 5.07. The fourth-order valence-electron chi connectivity index (χ4n) is 5.57. The van der Waals surface area contributed by atoms with Crippen LogP contribution in [-0.2, 0) is 0 Å². The van der Waals surface area contributed by atoms with Crippen LogP contribution in [0.15, 0.2) is 36.2 Å². The highest BCUT2D eigenvalue weighted by atomic mass is 19.1. The molecule has 2 N–H and O–H groups in total. The standard InChI is InChI=1S/C11H22.C11H24.C10H15F.C4H7F.C2H7N.4C2H6/c1-5-10(3)8-7-9-11(10,4)6-2;1-6-8-10(9-7-2)11(3,4)5;1-8(7-9(2)11)3-4-10-5-6-10;1-2-3-4-5;1-2-3;4*1-2/h5-9H2,1-4H3;10H,6-9H2,1-5H3;3,10H,2,4-7H2,1H3;2-3H,4H2,1H3;2-3H2,1H3;4*1-2H3/b;;8-3+;3-2+;;;;;/t10-,11+;;;;;;;;. The molecule has 0 bridgehead atoms. The van der Waals surface area contributed by atoms with Gasteiger partial charge in [-0.25, -0.2) is 8.78 Å². The normalized spacial score (nSPS) is 18.9. The fourth-order valence-corrected chi connectivity index (χ4v) is 5.57. The van der Waals surface area contributed by atoms with Crippen molar-refractivity contribution < 1.29 is 8.78 Å². The van der Waals surface area contributed by atoms with Gasteiger partial charge in [0.2, 0.25) is 0 Å². The average molecular weight is 704 g/mol. The van der Waals surface area contributed by atoms with Crippen molar-refractivity contribution in [2.24, 2.45) is 33.8 Å². The van der Waals surface area contributed by atoms with E-state index in [4.69, 9.17) is 5.73 Å². The maximum atomic E-state index is 12.3. The number of hydrogen-bond donors (Lipinski definition) is 1. The Morgan fingerprint density at radius 3 is 1.41 bits per heavy atom. The van der Waals surface area contributed by atoms with Gasteiger partial charge in [-0.05, 0) is 80.6 Å². The maximum Gasteiger partial charge on any atom is 0.108 e. The molecule has 0 unspecified atom stereocenters. The molecule has 302 valence electrons. The molecule has 2 aliphatic carbocycles. The van der Waals surface area contributed by atoms with E-state index in [2.05, 4.69) is 75.0 Å². The van der Waals surface area contributed by atoms with E-state index in [-0.39, 0.29) is 12.5 Å². The molecule has 2 aliphatic rings. The lowest BCUT2D eigenvalue weighted by atomic mass is 9.65. The molecule has 0 spiro atoms. The molecular weight excluding hydrogens is 605 g/mol. The topological polar surface area (TPSA) is 26.0 Å². The summed E-state index contributed by atoms with van der Waals surface area (Å²) in [5.41, 5.74) is 7.76. The molecule has 0 aromatic heterocycles. The Morgan fingerprint density at radius 1 is 0.837 bits per heavy atom. The van der Waals surface area contributed by atoms with Crippen LogP contribution in [0.4, 0.5) is 8.78 Å². The summed E-state index contributed by atoms with van der Waals surface area (Å²) in [7, 11) is 0. The number of rotatable bonds is 11. The monoisotopic (exact) mass is 704 g/mol. The second-order valence-corrected chi connectivity index (χ2v) is 13.9. The van der Waals surface area contributed by atoms with Crippen LogP contribution in [0.1, 0.15) is 222 Å². The first-order valence-corrected chi connectivity index (χ1v) is 21.0. The van der Waals surface area contributed by atoms with Gasteiger partial charge < -0.3 is 5.73 Å². The lowest BCUT2D eigenvalue weighted by Gasteiger charge is -2.40. The second-order valence-electron chi connectivity index (χ2n) is 13.9. The molecule has 1 nitrogen and oxygen atoms in total. The summed E-state index contributed by atoms with van der Waals surface area (Å²) in [4.78, 5) is 0. The van der Waals surface area contributed by atoms with E-state index in [0.717, 1.165) is 30.4 Å². The second kappa shape index (κ2) is 45.1. The minimum Gasteiger partial charge on any atom is -0.331 e. The molecule has 3 heteroatoms. The van der Waals surface area contributed by atoms with Crippen molar-refractivity contribution in [3.8, 4) is 0 Å². The van der Waals surface area contributed by atoms with Gasteiger partial charge in [-0.3, -0.25) is 0 Å². The molecule has 2 atom stereocenters. The van der Waals surface area contributed by atoms with Crippen molar-refractivity contribution in [3.05, 3.63) is 36.2 Å². The van der Waals surface area contributed by atoms with E-state index < -0.39 is 0 Å². The van der Waals surface area contributed by atoms with Gasteiger partial charge in [0.25, 0.3) is 0 Å². The molecule has 0 amide bonds. The van der Waals surface area contributed by atoms with Crippen molar-refractivity contribution in [1.29, 1.82) is 0 Å². The average Bonchev–Trinajstić information content (AvgIpc) is 3.88. The van der Waals surface area contributed by atoms with Gasteiger partial charge in [-0.1, -0.05) is 200 Å². The van der Waals surface area contributed by atoms with Crippen LogP contribution in [0.5, 0.6) is 0 Å². The first-order chi connectivity index (χ1) is 23.1. The maximum absolute atomic E-state index is 12.3. The summed E-state index contributed by atoms with van der Waals surface area (Å²) >= 11 is 0. The van der Waals surface area contributed by atoms with Crippen LogP contribution < -0.4 is 5.73 Å². The summed E-state index contributed by atoms with van der Waals surface area (Å²) in [6, 6.07) is 0. The minimum absolute atomic E-state index is 0.227. The molecule has 0 aromatic rings. The Morgan fingerprint density at radius 2 is 1.20 bits per heavy atom. The Kier molecular flexibility index (Phi) is 58.0. The SMILES string of the molecule is C/C=C/CF.C=C(F)C/C(C)=C/CC1CC1.CC.CC.CC.CC.CCCC(CCC)C(C)(C)C.CCN.CC[C@@]1(C)CCC[C@@]1(C)CC. The van der Waals surface area contributed by atoms with Crippen molar-refractivity contribution in [1.82, 2.24) is 0 Å². The first kappa shape index (κ1) is 63.1. The molecule has 2 saturated carbocycles. The molecule has 0 aromatic carbocycles. The third kappa shape index (κ3) is 41.3. The molecular formula is C46H99F2N. The Hall–Kier alpha value is -0.960. The Balaban J connectivity index is -0.0000000892. The van der Waals surface area contributed by atoms with Crippen molar-refractivity contribution in [2.45, 2.75) is 222 Å². The van der Waals surface area contributed by atoms with Crippen molar-refractivity contribution in [3.63, 3.8) is 0 Å². The van der Waals surface area contributed by atoms with Crippen molar-refractivity contribution >= 4 is 0 Å². The lowest BCUT2D eigenvalue weighted by Crippen LogP contribution is -2.30. The highest BCUT2D eigenvalue weighted by Gasteiger charge is 2.45. The summed E-state index contributed by atoms with van der Waals surface area (Å²) in [6.45, 7) is 46.6. The summed E-state index contributed by atoms with van der Waals surface area (Å²) in [5.74, 6) is 1.60. The Labute approximate surface area is 313 Å². The van der Waals surface area contributed by atoms with Gasteiger partial charge in [0, 0.05) is 6.42 Å². The summed E-state index contributed by atoms with van der Waals surface area (Å²) < 4.78 is 23.2. The highest BCUT2D eigenvalue weighted by Crippen LogP contribution is 2.56. The van der Waals surface area contributed by atoms with Gasteiger partial charge in [0.1, 0.15) is 6.67 Å². The molecule has 2 rings (SSSR count). The zero-order chi connectivity index (χ0) is 40.5. The quantitative estimate of drug-likeness (QED) is 0.213. The molecule has 0 aliphatic heterocycles. The zero-order valence-electron chi connectivity index (χ0n) is 38.0. The molecule has 49 heavy (non-hydrogen) atoms. The third-order valence-electron chi connectivity index (χ3n) is 9.27. The Bertz CT molecular complexity index is 649. The predicted molar refractivity (Wildman–Crippen MR) is 230 cm³/mol. The van der Waals surface area contributed by atoms with E-state index in [9.17, 15) is 8.78 Å². The number of hydrogen-bond acceptors (Lipinski definition) is 1. The van der Waals surface area contributed by atoms with Gasteiger partial charge in [-0.2, -0.15) is 0 Å². The van der Waals surface area contributed by atoms with Crippen LogP contribution >= 0.6 is 0 Å². The number of alkyl halides is 1. The zero-order valence-corrected chi connectivity index (χ0v) is 38.0. The van der Waals surface area contributed by atoms with Crippen LogP contribution in [0.25, 0.3) is 0 Å². The van der Waals surface area contributed by atoms with Gasteiger partial charge in [0.05, 0.1) is 5.83 Å².